The fourth-order valence-electron chi connectivity index (χ4n) is 0. The maximum absolute atomic E-state index is 4.78. The van der Waals surface area contributed by atoms with Crippen LogP contribution >= 0.6 is 25.0 Å². The van der Waals surface area contributed by atoms with Crippen LogP contribution in [0.25, 0.3) is 0 Å². The van der Waals surface area contributed by atoms with Crippen molar-refractivity contribution in [2.75, 3.05) is 0 Å². The van der Waals surface area contributed by atoms with E-state index in [0.29, 0.717) is 5.03 Å². The summed E-state index contributed by atoms with van der Waals surface area (Å²) in [6.45, 7) is 3.20. The molecular weight excluding hydrogens is 106 g/mol. The van der Waals surface area contributed by atoms with Crippen LogP contribution in [0.2, 0.25) is 0 Å². The van der Waals surface area contributed by atoms with Crippen LogP contribution in [0.5, 0.6) is 0 Å². The topological polar surface area (TPSA) is 26.0 Å². The van der Waals surface area contributed by atoms with Gasteiger partial charge in [-0.2, -0.15) is 0 Å². The molecular formula is C2H6ClNS. The van der Waals surface area contributed by atoms with Gasteiger partial charge in [0, 0.05) is 0 Å². The van der Waals surface area contributed by atoms with Gasteiger partial charge in [0.25, 0.3) is 0 Å². The standard InChI is InChI=1S/C2H5NS.ClH/c1-2(3)4;/h4H,1,3H2;1H. The third-order valence-electron chi connectivity index (χ3n) is 0. The molecule has 0 atom stereocenters. The Morgan fingerprint density at radius 1 is 1.80 bits per heavy atom. The van der Waals surface area contributed by atoms with Gasteiger partial charge in [0.05, 0.1) is 5.03 Å². The monoisotopic (exact) mass is 111 g/mol. The predicted molar refractivity (Wildman–Crippen MR) is 29.6 cm³/mol. The summed E-state index contributed by atoms with van der Waals surface area (Å²) in [6.07, 6.45) is 0. The minimum atomic E-state index is 0. The molecule has 0 saturated carbocycles. The second-order valence-electron chi connectivity index (χ2n) is 0.491. The van der Waals surface area contributed by atoms with Gasteiger partial charge in [-0.3, -0.25) is 0 Å². The smallest absolute Gasteiger partial charge is 0.0550 e. The molecule has 0 saturated heterocycles. The second kappa shape index (κ2) is 4.18. The van der Waals surface area contributed by atoms with Crippen molar-refractivity contribution in [1.29, 1.82) is 0 Å². The Balaban J connectivity index is 0. The molecule has 0 aromatic carbocycles. The van der Waals surface area contributed by atoms with Crippen LogP contribution in [0.4, 0.5) is 0 Å². The largest absolute Gasteiger partial charge is 0.394 e. The van der Waals surface area contributed by atoms with Crippen molar-refractivity contribution < 1.29 is 0 Å². The molecule has 0 rings (SSSR count). The lowest BCUT2D eigenvalue weighted by atomic mass is 11.1. The number of hydrogen-bond donors (Lipinski definition) is 2. The lowest BCUT2D eigenvalue weighted by molar-refractivity contribution is 1.59. The molecule has 3 heteroatoms. The molecule has 0 aromatic heterocycles. The highest BCUT2D eigenvalue weighted by molar-refractivity contribution is 7.84. The molecule has 0 amide bonds. The lowest BCUT2D eigenvalue weighted by Gasteiger charge is -1.68. The van der Waals surface area contributed by atoms with Crippen LogP contribution in [0.3, 0.4) is 0 Å². The third kappa shape index (κ3) is 613. The summed E-state index contributed by atoms with van der Waals surface area (Å²) in [4.78, 5) is 0. The highest BCUT2D eigenvalue weighted by Gasteiger charge is 1.51. The summed E-state index contributed by atoms with van der Waals surface area (Å²) in [5.41, 5.74) is 4.78. The van der Waals surface area contributed by atoms with E-state index in [1.165, 1.54) is 0 Å². The van der Waals surface area contributed by atoms with Gasteiger partial charge in [0.2, 0.25) is 0 Å². The van der Waals surface area contributed by atoms with Gasteiger partial charge < -0.3 is 5.73 Å². The number of nitrogens with two attached hydrogens (primary N) is 1. The molecule has 0 heterocycles. The molecule has 0 radical (unpaired) electrons. The minimum Gasteiger partial charge on any atom is -0.394 e. The van der Waals surface area contributed by atoms with E-state index in [2.05, 4.69) is 19.2 Å². The Bertz CT molecular complexity index is 32.6. The van der Waals surface area contributed by atoms with Crippen LogP contribution in [0.15, 0.2) is 11.6 Å². The van der Waals surface area contributed by atoms with Gasteiger partial charge in [0.1, 0.15) is 0 Å². The molecule has 0 aromatic rings. The molecule has 0 spiro atoms. The van der Waals surface area contributed by atoms with E-state index < -0.39 is 0 Å². The highest BCUT2D eigenvalue weighted by Crippen LogP contribution is 1.74. The molecule has 32 valence electrons. The fraction of sp³-hybridized carbons (Fsp3) is 0. The number of halogens is 1. The summed E-state index contributed by atoms with van der Waals surface area (Å²) in [6, 6.07) is 0. The van der Waals surface area contributed by atoms with Crippen LogP contribution < -0.4 is 5.73 Å². The third-order valence-corrected chi connectivity index (χ3v) is 0. The number of hydrogen-bond acceptors (Lipinski definition) is 2. The zero-order chi connectivity index (χ0) is 3.58. The highest BCUT2D eigenvalue weighted by atomic mass is 35.5. The summed E-state index contributed by atoms with van der Waals surface area (Å²) in [5.74, 6) is 0. The Hall–Kier alpha value is 0.180. The summed E-state index contributed by atoms with van der Waals surface area (Å²) in [5, 5.41) is 0.361. The predicted octanol–water partition coefficient (Wildman–Crippen LogP) is 0.768. The van der Waals surface area contributed by atoms with Crippen molar-refractivity contribution in [3.63, 3.8) is 0 Å². The summed E-state index contributed by atoms with van der Waals surface area (Å²) in [7, 11) is 0. The van der Waals surface area contributed by atoms with Crippen LogP contribution in [0, 0.1) is 0 Å². The Labute approximate surface area is 43.1 Å². The normalized spacial score (nSPS) is 5.00. The lowest BCUT2D eigenvalue weighted by Crippen LogP contribution is -1.80. The maximum atomic E-state index is 4.78. The van der Waals surface area contributed by atoms with Crippen molar-refractivity contribution in [1.82, 2.24) is 0 Å². The molecule has 0 fully saturated rings. The first-order valence-electron chi connectivity index (χ1n) is 0.866. The van der Waals surface area contributed by atoms with E-state index in [1.54, 1.807) is 0 Å². The molecule has 0 unspecified atom stereocenters. The molecule has 5 heavy (non-hydrogen) atoms. The minimum absolute atomic E-state index is 0. The van der Waals surface area contributed by atoms with E-state index in [-0.39, 0.29) is 12.4 Å². The summed E-state index contributed by atoms with van der Waals surface area (Å²) < 4.78 is 0. The van der Waals surface area contributed by atoms with E-state index in [4.69, 9.17) is 5.73 Å². The molecule has 0 aliphatic heterocycles. The van der Waals surface area contributed by atoms with Crippen LogP contribution in [0.1, 0.15) is 0 Å². The molecule has 0 aliphatic carbocycles. The fourth-order valence-corrected chi connectivity index (χ4v) is 0. The van der Waals surface area contributed by atoms with E-state index in [1.807, 2.05) is 0 Å². The van der Waals surface area contributed by atoms with Crippen LogP contribution in [-0.4, -0.2) is 0 Å². The van der Waals surface area contributed by atoms with E-state index >= 15 is 0 Å². The number of rotatable bonds is 0. The zero-order valence-electron chi connectivity index (χ0n) is 2.64. The van der Waals surface area contributed by atoms with Gasteiger partial charge in [-0.25, -0.2) is 0 Å². The van der Waals surface area contributed by atoms with Crippen LogP contribution in [-0.2, 0) is 0 Å². The average molecular weight is 112 g/mol. The van der Waals surface area contributed by atoms with Crippen molar-refractivity contribution in [2.45, 2.75) is 0 Å². The number of thiol groups is 1. The van der Waals surface area contributed by atoms with Crippen molar-refractivity contribution >= 4 is 25.0 Å². The molecule has 0 bridgehead atoms. The quantitative estimate of drug-likeness (QED) is 0.444. The Kier molecular flexibility index (Phi) is 7.48. The molecule has 1 nitrogen and oxygen atoms in total. The first kappa shape index (κ1) is 8.95. The first-order chi connectivity index (χ1) is 1.73. The zero-order valence-corrected chi connectivity index (χ0v) is 4.35. The van der Waals surface area contributed by atoms with Gasteiger partial charge in [-0.1, -0.05) is 6.58 Å². The maximum Gasteiger partial charge on any atom is 0.0550 e. The van der Waals surface area contributed by atoms with E-state index in [0.717, 1.165) is 0 Å². The van der Waals surface area contributed by atoms with Gasteiger partial charge in [-0.15, -0.1) is 25.0 Å². The first-order valence-corrected chi connectivity index (χ1v) is 1.31. The second-order valence-corrected chi connectivity index (χ2v) is 1.07. The SMILES string of the molecule is C=C(N)S.Cl. The Morgan fingerprint density at radius 2 is 1.80 bits per heavy atom. The van der Waals surface area contributed by atoms with Crippen molar-refractivity contribution in [3.8, 4) is 0 Å². The van der Waals surface area contributed by atoms with Gasteiger partial charge >= 0.3 is 0 Å². The Morgan fingerprint density at radius 3 is 1.80 bits per heavy atom. The average Bonchev–Trinajstić information content (AvgIpc) is 0.811. The van der Waals surface area contributed by atoms with Crippen molar-refractivity contribution in [3.05, 3.63) is 11.6 Å². The molecule has 2 N–H and O–H groups in total. The molecule has 0 aliphatic rings. The van der Waals surface area contributed by atoms with E-state index in [9.17, 15) is 0 Å². The summed E-state index contributed by atoms with van der Waals surface area (Å²) >= 11 is 3.55. The van der Waals surface area contributed by atoms with Crippen molar-refractivity contribution in [2.24, 2.45) is 5.73 Å². The van der Waals surface area contributed by atoms with Gasteiger partial charge in [0.15, 0.2) is 0 Å². The van der Waals surface area contributed by atoms with Gasteiger partial charge in [-0.05, 0) is 0 Å².